The van der Waals surface area contributed by atoms with Crippen LogP contribution in [0.5, 0.6) is 0 Å². The molecule has 0 atom stereocenters. The Morgan fingerprint density at radius 1 is 1.24 bits per heavy atom. The van der Waals surface area contributed by atoms with Gasteiger partial charge in [-0.1, -0.05) is 26.0 Å². The van der Waals surface area contributed by atoms with Crippen molar-refractivity contribution in [1.29, 1.82) is 0 Å². The number of nitrogens with one attached hydrogen (secondary N) is 1. The van der Waals surface area contributed by atoms with Crippen LogP contribution in [0.3, 0.4) is 0 Å². The second-order valence-corrected chi connectivity index (χ2v) is 7.22. The highest BCUT2D eigenvalue weighted by Gasteiger charge is 2.23. The largest absolute Gasteiger partial charge is 0.444 e. The minimum Gasteiger partial charge on any atom is -0.444 e. The van der Waals surface area contributed by atoms with Gasteiger partial charge in [-0.3, -0.25) is 9.69 Å². The van der Waals surface area contributed by atoms with Gasteiger partial charge in [0, 0.05) is 19.3 Å². The van der Waals surface area contributed by atoms with Gasteiger partial charge >= 0.3 is 6.09 Å². The maximum atomic E-state index is 12.3. The van der Waals surface area contributed by atoms with Crippen LogP contribution in [0, 0.1) is 0 Å². The van der Waals surface area contributed by atoms with Crippen LogP contribution in [0.25, 0.3) is 0 Å². The molecule has 0 radical (unpaired) electrons. The Morgan fingerprint density at radius 3 is 2.48 bits per heavy atom. The maximum absolute atomic E-state index is 12.3. The summed E-state index contributed by atoms with van der Waals surface area (Å²) in [6.45, 7) is 10.1. The number of hydrogen-bond acceptors (Lipinski definition) is 4. The highest BCUT2D eigenvalue weighted by Crippen LogP contribution is 2.18. The van der Waals surface area contributed by atoms with Crippen molar-refractivity contribution in [3.05, 3.63) is 29.8 Å². The molecule has 0 saturated carbocycles. The summed E-state index contributed by atoms with van der Waals surface area (Å²) in [5.41, 5.74) is 1.23. The first-order valence-corrected chi connectivity index (χ1v) is 8.49. The zero-order valence-electron chi connectivity index (χ0n) is 16.1. The summed E-state index contributed by atoms with van der Waals surface area (Å²) in [5, 5.41) is 2.83. The standard InChI is InChI=1S/C19H30N2O4/c1-14(2)15-8-7-9-16(12-15)20-17(22)13-21(10-11-24-6)18(23)25-19(3,4)5/h7-9,12,14H,10-11,13H2,1-6H3,(H,20,22). The average molecular weight is 350 g/mol. The molecule has 6 heteroatoms. The van der Waals surface area contributed by atoms with E-state index >= 15 is 0 Å². The van der Waals surface area contributed by atoms with Crippen LogP contribution in [0.1, 0.15) is 46.1 Å². The molecule has 0 fully saturated rings. The lowest BCUT2D eigenvalue weighted by molar-refractivity contribution is -0.117. The number of nitrogens with zero attached hydrogens (tertiary/aromatic N) is 1. The molecule has 140 valence electrons. The van der Waals surface area contributed by atoms with Gasteiger partial charge in [0.2, 0.25) is 5.91 Å². The number of benzene rings is 1. The fourth-order valence-corrected chi connectivity index (χ4v) is 2.11. The first-order chi connectivity index (χ1) is 11.6. The van der Waals surface area contributed by atoms with Gasteiger partial charge in [-0.05, 0) is 44.4 Å². The van der Waals surface area contributed by atoms with E-state index in [1.165, 1.54) is 4.90 Å². The summed E-state index contributed by atoms with van der Waals surface area (Å²) in [5.74, 6) is 0.0969. The summed E-state index contributed by atoms with van der Waals surface area (Å²) in [4.78, 5) is 25.9. The van der Waals surface area contributed by atoms with E-state index in [0.717, 1.165) is 5.56 Å². The molecule has 1 rings (SSSR count). The van der Waals surface area contributed by atoms with Crippen molar-refractivity contribution in [3.8, 4) is 0 Å². The van der Waals surface area contributed by atoms with Crippen molar-refractivity contribution < 1.29 is 19.1 Å². The minimum absolute atomic E-state index is 0.0931. The molecule has 2 amide bonds. The number of carbonyl (C=O) groups excluding carboxylic acids is 2. The monoisotopic (exact) mass is 350 g/mol. The fraction of sp³-hybridized carbons (Fsp3) is 0.579. The van der Waals surface area contributed by atoms with E-state index in [4.69, 9.17) is 9.47 Å². The Kier molecular flexibility index (Phi) is 7.90. The normalized spacial score (nSPS) is 11.3. The molecule has 0 unspecified atom stereocenters. The van der Waals surface area contributed by atoms with Crippen molar-refractivity contribution in [1.82, 2.24) is 4.90 Å². The number of carbonyl (C=O) groups is 2. The van der Waals surface area contributed by atoms with Crippen molar-refractivity contribution in [2.45, 2.75) is 46.1 Å². The zero-order chi connectivity index (χ0) is 19.0. The molecule has 0 aliphatic carbocycles. The number of methoxy groups -OCH3 is 1. The molecule has 6 nitrogen and oxygen atoms in total. The molecule has 1 N–H and O–H groups in total. The molecule has 0 aromatic heterocycles. The molecule has 1 aromatic rings. The molecule has 0 aliphatic heterocycles. The first kappa shape index (κ1) is 21.0. The fourth-order valence-electron chi connectivity index (χ4n) is 2.11. The Bertz CT molecular complexity index is 579. The van der Waals surface area contributed by atoms with Gasteiger partial charge in [-0.15, -0.1) is 0 Å². The molecular formula is C19H30N2O4. The van der Waals surface area contributed by atoms with Crippen molar-refractivity contribution in [2.75, 3.05) is 32.1 Å². The summed E-state index contributed by atoms with van der Waals surface area (Å²) in [6.07, 6.45) is -0.532. The molecule has 0 heterocycles. The predicted octanol–water partition coefficient (Wildman–Crippen LogP) is 3.63. The summed E-state index contributed by atoms with van der Waals surface area (Å²) in [6, 6.07) is 7.69. The van der Waals surface area contributed by atoms with Gasteiger partial charge in [0.25, 0.3) is 0 Å². The van der Waals surface area contributed by atoms with Gasteiger partial charge in [0.1, 0.15) is 12.1 Å². The third-order valence-electron chi connectivity index (χ3n) is 3.39. The van der Waals surface area contributed by atoms with E-state index in [1.54, 1.807) is 27.9 Å². The highest BCUT2D eigenvalue weighted by molar-refractivity contribution is 5.94. The lowest BCUT2D eigenvalue weighted by atomic mass is 10.0. The van der Waals surface area contributed by atoms with E-state index in [2.05, 4.69) is 19.2 Å². The number of anilines is 1. The van der Waals surface area contributed by atoms with Crippen LogP contribution >= 0.6 is 0 Å². The van der Waals surface area contributed by atoms with Crippen molar-refractivity contribution in [3.63, 3.8) is 0 Å². The van der Waals surface area contributed by atoms with Crippen LogP contribution in [-0.2, 0) is 14.3 Å². The molecule has 0 aliphatic rings. The lowest BCUT2D eigenvalue weighted by Crippen LogP contribution is -2.42. The molecule has 0 spiro atoms. The van der Waals surface area contributed by atoms with Gasteiger partial charge in [-0.2, -0.15) is 0 Å². The summed E-state index contributed by atoms with van der Waals surface area (Å²) < 4.78 is 10.4. The first-order valence-electron chi connectivity index (χ1n) is 8.49. The quantitative estimate of drug-likeness (QED) is 0.815. The van der Waals surface area contributed by atoms with Crippen LogP contribution in [-0.4, -0.2) is 49.3 Å². The second-order valence-electron chi connectivity index (χ2n) is 7.22. The minimum atomic E-state index is -0.621. The topological polar surface area (TPSA) is 67.9 Å². The second kappa shape index (κ2) is 9.42. The van der Waals surface area contributed by atoms with E-state index in [-0.39, 0.29) is 19.0 Å². The average Bonchev–Trinajstić information content (AvgIpc) is 2.49. The summed E-state index contributed by atoms with van der Waals surface area (Å²) >= 11 is 0. The van der Waals surface area contributed by atoms with E-state index in [9.17, 15) is 9.59 Å². The van der Waals surface area contributed by atoms with Gasteiger partial charge < -0.3 is 14.8 Å². The van der Waals surface area contributed by atoms with E-state index in [0.29, 0.717) is 18.2 Å². The lowest BCUT2D eigenvalue weighted by Gasteiger charge is -2.27. The van der Waals surface area contributed by atoms with Gasteiger partial charge in [0.05, 0.1) is 6.61 Å². The Hall–Kier alpha value is -2.08. The van der Waals surface area contributed by atoms with Crippen molar-refractivity contribution >= 4 is 17.7 Å². The third-order valence-corrected chi connectivity index (χ3v) is 3.39. The maximum Gasteiger partial charge on any atom is 0.410 e. The Morgan fingerprint density at radius 2 is 1.92 bits per heavy atom. The van der Waals surface area contributed by atoms with E-state index < -0.39 is 11.7 Å². The predicted molar refractivity (Wildman–Crippen MR) is 98.8 cm³/mol. The SMILES string of the molecule is COCCN(CC(=O)Nc1cccc(C(C)C)c1)C(=O)OC(C)(C)C. The highest BCUT2D eigenvalue weighted by atomic mass is 16.6. The third kappa shape index (κ3) is 8.03. The van der Waals surface area contributed by atoms with Crippen LogP contribution in [0.15, 0.2) is 24.3 Å². The Labute approximate surface area is 150 Å². The van der Waals surface area contributed by atoms with Crippen LogP contribution < -0.4 is 5.32 Å². The number of rotatable bonds is 7. The van der Waals surface area contributed by atoms with E-state index in [1.807, 2.05) is 24.3 Å². The summed E-state index contributed by atoms with van der Waals surface area (Å²) in [7, 11) is 1.55. The van der Waals surface area contributed by atoms with Crippen LogP contribution in [0.4, 0.5) is 10.5 Å². The zero-order valence-corrected chi connectivity index (χ0v) is 16.1. The molecule has 0 bridgehead atoms. The number of ether oxygens (including phenoxy) is 2. The van der Waals surface area contributed by atoms with Gasteiger partial charge in [0.15, 0.2) is 0 Å². The molecule has 0 saturated heterocycles. The van der Waals surface area contributed by atoms with Crippen LogP contribution in [0.2, 0.25) is 0 Å². The van der Waals surface area contributed by atoms with Gasteiger partial charge in [-0.25, -0.2) is 4.79 Å². The smallest absolute Gasteiger partial charge is 0.410 e. The number of amides is 2. The number of hydrogen-bond donors (Lipinski definition) is 1. The molecule has 25 heavy (non-hydrogen) atoms. The molecule has 1 aromatic carbocycles. The van der Waals surface area contributed by atoms with Crippen molar-refractivity contribution in [2.24, 2.45) is 0 Å². The molecular weight excluding hydrogens is 320 g/mol. The Balaban J connectivity index is 2.74.